The van der Waals surface area contributed by atoms with E-state index in [1.165, 1.54) is 0 Å². The first-order valence-corrected chi connectivity index (χ1v) is 9.87. The second kappa shape index (κ2) is 6.65. The Balaban J connectivity index is 2.01. The van der Waals surface area contributed by atoms with Crippen molar-refractivity contribution in [3.63, 3.8) is 0 Å². The van der Waals surface area contributed by atoms with E-state index in [0.29, 0.717) is 27.0 Å². The normalized spacial score (nSPS) is 11.5. The van der Waals surface area contributed by atoms with Crippen LogP contribution in [0.3, 0.4) is 0 Å². The van der Waals surface area contributed by atoms with Gasteiger partial charge in [0.15, 0.2) is 5.76 Å². The van der Waals surface area contributed by atoms with Gasteiger partial charge in [-0.25, -0.2) is 8.42 Å². The number of hydrogen-bond acceptors (Lipinski definition) is 4. The van der Waals surface area contributed by atoms with Crippen LogP contribution < -0.4 is 4.72 Å². The van der Waals surface area contributed by atoms with Crippen molar-refractivity contribution in [1.82, 2.24) is 5.16 Å². The zero-order valence-electron chi connectivity index (χ0n) is 14.0. The average molecular weight is 421 g/mol. The summed E-state index contributed by atoms with van der Waals surface area (Å²) in [5.74, 6) is 0.533. The molecule has 0 saturated carbocycles. The van der Waals surface area contributed by atoms with Crippen LogP contribution in [-0.4, -0.2) is 13.6 Å². The van der Waals surface area contributed by atoms with E-state index in [4.69, 9.17) is 4.52 Å². The molecule has 0 saturated heterocycles. The van der Waals surface area contributed by atoms with Crippen LogP contribution in [-0.2, 0) is 10.0 Å². The van der Waals surface area contributed by atoms with Crippen LogP contribution in [0.5, 0.6) is 0 Å². The summed E-state index contributed by atoms with van der Waals surface area (Å²) < 4.78 is 34.3. The molecule has 0 fully saturated rings. The first-order chi connectivity index (χ1) is 11.8. The monoisotopic (exact) mass is 420 g/mol. The fourth-order valence-corrected chi connectivity index (χ4v) is 4.52. The molecule has 0 spiro atoms. The van der Waals surface area contributed by atoms with Gasteiger partial charge in [-0.15, -0.1) is 0 Å². The van der Waals surface area contributed by atoms with E-state index in [0.717, 1.165) is 11.3 Å². The fourth-order valence-electron chi connectivity index (χ4n) is 2.45. The van der Waals surface area contributed by atoms with Gasteiger partial charge in [-0.3, -0.25) is 4.72 Å². The molecule has 3 aromatic rings. The lowest BCUT2D eigenvalue weighted by Gasteiger charge is -2.13. The van der Waals surface area contributed by atoms with Crippen molar-refractivity contribution in [2.75, 3.05) is 4.72 Å². The third-order valence-electron chi connectivity index (χ3n) is 3.76. The van der Waals surface area contributed by atoms with Crippen LogP contribution >= 0.6 is 15.9 Å². The molecule has 0 radical (unpaired) electrons. The van der Waals surface area contributed by atoms with E-state index in [2.05, 4.69) is 25.8 Å². The second-order valence-corrected chi connectivity index (χ2v) is 8.41. The Kier molecular flexibility index (Phi) is 4.71. The minimum atomic E-state index is -3.75. The number of nitrogens with zero attached hydrogens (tertiary/aromatic N) is 1. The summed E-state index contributed by atoms with van der Waals surface area (Å²) in [6, 6.07) is 12.4. The van der Waals surface area contributed by atoms with Gasteiger partial charge >= 0.3 is 0 Å². The maximum absolute atomic E-state index is 12.9. The predicted octanol–water partition coefficient (Wildman–Crippen LogP) is 4.83. The van der Waals surface area contributed by atoms with Gasteiger partial charge in [-0.1, -0.05) is 23.4 Å². The third-order valence-corrected chi connectivity index (χ3v) is 5.92. The zero-order valence-corrected chi connectivity index (χ0v) is 16.4. The molecule has 0 atom stereocenters. The smallest absolute Gasteiger partial charge is 0.262 e. The number of benzene rings is 2. The number of aromatic nitrogens is 1. The highest BCUT2D eigenvalue weighted by Crippen LogP contribution is 2.29. The quantitative estimate of drug-likeness (QED) is 0.655. The molecule has 1 aromatic heterocycles. The molecule has 2 aromatic carbocycles. The number of nitrogens with one attached hydrogen (secondary N) is 1. The molecule has 7 heteroatoms. The van der Waals surface area contributed by atoms with Crippen molar-refractivity contribution in [3.8, 4) is 11.3 Å². The summed E-state index contributed by atoms with van der Waals surface area (Å²) in [7, 11) is -3.75. The molecule has 0 amide bonds. The maximum Gasteiger partial charge on any atom is 0.262 e. The Labute approximate surface area is 155 Å². The number of halogens is 1. The van der Waals surface area contributed by atoms with Crippen LogP contribution in [0.25, 0.3) is 11.3 Å². The number of aryl methyl sites for hydroxylation is 3. The topological polar surface area (TPSA) is 72.2 Å². The van der Waals surface area contributed by atoms with Crippen LogP contribution in [0, 0.1) is 20.8 Å². The Bertz CT molecular complexity index is 1040. The largest absolute Gasteiger partial charge is 0.356 e. The van der Waals surface area contributed by atoms with Crippen molar-refractivity contribution in [2.45, 2.75) is 25.7 Å². The van der Waals surface area contributed by atoms with E-state index >= 15 is 0 Å². The number of hydrogen-bond donors (Lipinski definition) is 1. The van der Waals surface area contributed by atoms with Crippen LogP contribution in [0.1, 0.15) is 16.8 Å². The van der Waals surface area contributed by atoms with Crippen molar-refractivity contribution in [3.05, 3.63) is 63.8 Å². The molecule has 0 bridgehead atoms. The van der Waals surface area contributed by atoms with Gasteiger partial charge in [0.05, 0.1) is 16.3 Å². The molecule has 130 valence electrons. The first-order valence-electron chi connectivity index (χ1n) is 7.59. The van der Waals surface area contributed by atoms with E-state index in [1.54, 1.807) is 31.2 Å². The first kappa shape index (κ1) is 17.7. The summed E-state index contributed by atoms with van der Waals surface area (Å²) in [6.45, 7) is 5.51. The number of anilines is 1. The summed E-state index contributed by atoms with van der Waals surface area (Å²) in [5.41, 5.74) is 3.58. The van der Waals surface area contributed by atoms with Gasteiger partial charge in [-0.2, -0.15) is 0 Å². The Morgan fingerprint density at radius 3 is 2.44 bits per heavy atom. The van der Waals surface area contributed by atoms with Crippen molar-refractivity contribution >= 4 is 31.6 Å². The van der Waals surface area contributed by atoms with E-state index in [-0.39, 0.29) is 4.90 Å². The molecular weight excluding hydrogens is 404 g/mol. The molecule has 0 aliphatic rings. The Hall–Kier alpha value is -2.12. The Morgan fingerprint density at radius 1 is 1.04 bits per heavy atom. The van der Waals surface area contributed by atoms with Gasteiger partial charge in [0.2, 0.25) is 0 Å². The highest BCUT2D eigenvalue weighted by molar-refractivity contribution is 9.10. The molecule has 1 heterocycles. The number of sulfonamides is 1. The highest BCUT2D eigenvalue weighted by Gasteiger charge is 2.20. The molecular formula is C18H17BrN2O3S. The summed E-state index contributed by atoms with van der Waals surface area (Å²) in [6.07, 6.45) is 0. The van der Waals surface area contributed by atoms with Gasteiger partial charge in [0, 0.05) is 16.1 Å². The predicted molar refractivity (Wildman–Crippen MR) is 101 cm³/mol. The van der Waals surface area contributed by atoms with Crippen molar-refractivity contribution in [2.24, 2.45) is 0 Å². The van der Waals surface area contributed by atoms with Crippen LogP contribution in [0.2, 0.25) is 0 Å². The fraction of sp³-hybridized carbons (Fsp3) is 0.167. The summed E-state index contributed by atoms with van der Waals surface area (Å²) >= 11 is 3.39. The highest BCUT2D eigenvalue weighted by atomic mass is 79.9. The van der Waals surface area contributed by atoms with Crippen molar-refractivity contribution in [1.29, 1.82) is 0 Å². The van der Waals surface area contributed by atoms with E-state index in [1.807, 2.05) is 32.0 Å². The summed E-state index contributed by atoms with van der Waals surface area (Å²) in [5, 5.41) is 3.85. The minimum Gasteiger partial charge on any atom is -0.356 e. The molecule has 25 heavy (non-hydrogen) atoms. The molecule has 0 aliphatic heterocycles. The zero-order chi connectivity index (χ0) is 18.2. The van der Waals surface area contributed by atoms with Crippen molar-refractivity contribution < 1.29 is 12.9 Å². The van der Waals surface area contributed by atoms with Gasteiger partial charge in [0.1, 0.15) is 0 Å². The standard InChI is InChI=1S/C18H17BrN2O3S/c1-11-4-7-16(15(19)8-11)21-25(22,23)18-10-14(6-5-12(18)2)17-9-13(3)20-24-17/h4-10,21H,1-3H3. The van der Waals surface area contributed by atoms with Crippen LogP contribution in [0.4, 0.5) is 5.69 Å². The second-order valence-electron chi connectivity index (χ2n) is 5.90. The van der Waals surface area contributed by atoms with E-state index < -0.39 is 10.0 Å². The maximum atomic E-state index is 12.9. The summed E-state index contributed by atoms with van der Waals surface area (Å²) in [4.78, 5) is 0.200. The molecule has 0 aliphatic carbocycles. The third kappa shape index (κ3) is 3.77. The lowest BCUT2D eigenvalue weighted by molar-refractivity contribution is 0.427. The Morgan fingerprint density at radius 2 is 1.80 bits per heavy atom. The molecule has 3 rings (SSSR count). The average Bonchev–Trinajstić information content (AvgIpc) is 2.97. The van der Waals surface area contributed by atoms with Crippen LogP contribution in [0.15, 0.2) is 56.4 Å². The van der Waals surface area contributed by atoms with Gasteiger partial charge < -0.3 is 4.52 Å². The minimum absolute atomic E-state index is 0.200. The lowest BCUT2D eigenvalue weighted by atomic mass is 10.1. The van der Waals surface area contributed by atoms with Gasteiger partial charge in [0.25, 0.3) is 10.0 Å². The molecule has 0 unspecified atom stereocenters. The van der Waals surface area contributed by atoms with Gasteiger partial charge in [-0.05, 0) is 66.0 Å². The number of rotatable bonds is 4. The lowest BCUT2D eigenvalue weighted by Crippen LogP contribution is -2.14. The SMILES string of the molecule is Cc1ccc(NS(=O)(=O)c2cc(-c3cc(C)no3)ccc2C)c(Br)c1. The molecule has 1 N–H and O–H groups in total. The molecule has 5 nitrogen and oxygen atoms in total. The van der Waals surface area contributed by atoms with E-state index in [9.17, 15) is 8.42 Å².